The van der Waals surface area contributed by atoms with Gasteiger partial charge in [-0.1, -0.05) is 18.7 Å². The third-order valence-corrected chi connectivity index (χ3v) is 2.23. The summed E-state index contributed by atoms with van der Waals surface area (Å²) in [6.45, 7) is 4.83. The molecule has 0 aromatic heterocycles. The molecule has 0 spiro atoms. The molecule has 0 aromatic rings. The van der Waals surface area contributed by atoms with Gasteiger partial charge in [0, 0.05) is 0 Å². The summed E-state index contributed by atoms with van der Waals surface area (Å²) in [6.07, 6.45) is 0. The van der Waals surface area contributed by atoms with Crippen LogP contribution in [-0.4, -0.2) is 57.7 Å². The fourth-order valence-electron chi connectivity index (χ4n) is 0.494. The van der Waals surface area contributed by atoms with E-state index in [0.717, 1.165) is 5.75 Å². The molecule has 0 aliphatic rings. The number of hydroxylamine groups is 2. The quantitative estimate of drug-likeness (QED) is 0.300. The van der Waals surface area contributed by atoms with Crippen molar-refractivity contribution < 1.29 is 9.63 Å². The molecule has 66 valence electrons. The molecule has 0 fully saturated rings. The third-order valence-electron chi connectivity index (χ3n) is 0.929. The van der Waals surface area contributed by atoms with Crippen LogP contribution in [0.2, 0.25) is 0 Å². The van der Waals surface area contributed by atoms with E-state index in [1.54, 1.807) is 0 Å². The van der Waals surface area contributed by atoms with E-state index in [4.69, 9.17) is 12.2 Å². The minimum atomic E-state index is 0. The zero-order valence-corrected chi connectivity index (χ0v) is 8.20. The van der Waals surface area contributed by atoms with E-state index < -0.39 is 0 Å². The van der Waals surface area contributed by atoms with Crippen LogP contribution in [-0.2, 0) is 9.63 Å². The molecule has 0 bridgehead atoms. The molecule has 0 N–H and O–H groups in total. The summed E-state index contributed by atoms with van der Waals surface area (Å²) in [5, 5.41) is 1.39. The normalized spacial score (nSPS) is 8.17. The maximum atomic E-state index is 9.95. The second-order valence-electron chi connectivity index (χ2n) is 1.60. The van der Waals surface area contributed by atoms with Crippen LogP contribution in [0.25, 0.3) is 0 Å². The number of nitrogens with zero attached hydrogens (tertiary/aromatic N) is 1. The summed E-state index contributed by atoms with van der Waals surface area (Å²) in [5.41, 5.74) is 0. The van der Waals surface area contributed by atoms with Crippen molar-refractivity contribution in [3.05, 3.63) is 0 Å². The van der Waals surface area contributed by atoms with Crippen molar-refractivity contribution in [1.29, 1.82) is 0 Å². The van der Waals surface area contributed by atoms with E-state index in [-0.39, 0.29) is 29.6 Å². The van der Waals surface area contributed by atoms with Crippen molar-refractivity contribution >= 4 is 64.3 Å². The summed E-state index contributed by atoms with van der Waals surface area (Å²) in [4.78, 5) is 14.5. The van der Waals surface area contributed by atoms with E-state index in [0.29, 0.717) is 17.3 Å². The molecule has 0 rings (SSSR count). The predicted molar refractivity (Wildman–Crippen MR) is 57.4 cm³/mol. The van der Waals surface area contributed by atoms with Gasteiger partial charge < -0.3 is 4.84 Å². The first kappa shape index (κ1) is 15.2. The second kappa shape index (κ2) is 9.80. The second-order valence-corrected chi connectivity index (χ2v) is 3.49. The number of thiocarbonyl (C=S) groups is 1. The van der Waals surface area contributed by atoms with Gasteiger partial charge in [0.15, 0.2) is 4.32 Å². The molecular weight excluding hydrogens is 205 g/mol. The van der Waals surface area contributed by atoms with Crippen LogP contribution in [0.1, 0.15) is 13.8 Å². The van der Waals surface area contributed by atoms with Gasteiger partial charge in [0.25, 0.3) is 0 Å². The van der Waals surface area contributed by atoms with Crippen LogP contribution < -0.4 is 0 Å². The van der Waals surface area contributed by atoms with Crippen molar-refractivity contribution in [2.24, 2.45) is 0 Å². The number of carbonyl (C=O) groups is 1. The van der Waals surface area contributed by atoms with Gasteiger partial charge in [-0.05, 0) is 24.9 Å². The molecule has 0 radical (unpaired) electrons. The Kier molecular flexibility index (Phi) is 12.4. The first-order chi connectivity index (χ1) is 5.26. The molecule has 0 aliphatic heterocycles. The topological polar surface area (TPSA) is 29.5 Å². The van der Waals surface area contributed by atoms with Gasteiger partial charge in [-0.2, -0.15) is 5.06 Å². The molecule has 0 aliphatic carbocycles. The monoisotopic (exact) mass is 217 g/mol. The number of carbonyl (C=O) groups excluding carboxylic acids is 1. The van der Waals surface area contributed by atoms with E-state index in [9.17, 15) is 4.79 Å². The molecule has 0 atom stereocenters. The fraction of sp³-hybridized carbons (Fsp3) is 0.667. The minimum absolute atomic E-state index is 0. The Morgan fingerprint density at radius 2 is 2.25 bits per heavy atom. The molecule has 12 heavy (non-hydrogen) atoms. The molecule has 0 saturated carbocycles. The fourth-order valence-corrected chi connectivity index (χ4v) is 1.58. The van der Waals surface area contributed by atoms with Crippen LogP contribution in [0.4, 0.5) is 0 Å². The van der Waals surface area contributed by atoms with E-state index >= 15 is 0 Å². The van der Waals surface area contributed by atoms with Crippen LogP contribution in [0.5, 0.6) is 0 Å². The van der Waals surface area contributed by atoms with Crippen molar-refractivity contribution in [2.75, 3.05) is 12.3 Å². The number of thioether (sulfide) groups is 1. The molecule has 0 heterocycles. The first-order valence-corrected chi connectivity index (χ1v) is 4.70. The molecule has 0 saturated heterocycles. The summed E-state index contributed by atoms with van der Waals surface area (Å²) in [7, 11) is 0. The standard InChI is InChI=1S/C6H11NO2S2.Na.H/c1-3-7(9-5-8)6(10)11-4-2;;/h5H,3-4H2,1-2H3;;. The summed E-state index contributed by atoms with van der Waals surface area (Å²) < 4.78 is 0.599. The van der Waals surface area contributed by atoms with Crippen LogP contribution in [0, 0.1) is 0 Å². The van der Waals surface area contributed by atoms with Crippen LogP contribution in [0.15, 0.2) is 0 Å². The Hall–Kier alpha value is 0.710. The third kappa shape index (κ3) is 6.25. The Labute approximate surface area is 104 Å². The Morgan fingerprint density at radius 3 is 2.58 bits per heavy atom. The average molecular weight is 217 g/mol. The summed E-state index contributed by atoms with van der Waals surface area (Å²) in [6, 6.07) is 0. The molecule has 6 heteroatoms. The van der Waals surface area contributed by atoms with Crippen molar-refractivity contribution in [1.82, 2.24) is 5.06 Å². The number of hydrogen-bond acceptors (Lipinski definition) is 4. The summed E-state index contributed by atoms with van der Waals surface area (Å²) in [5.74, 6) is 0.886. The van der Waals surface area contributed by atoms with Gasteiger partial charge in [-0.15, -0.1) is 0 Å². The van der Waals surface area contributed by atoms with E-state index in [1.807, 2.05) is 13.8 Å². The number of hydrogen-bond donors (Lipinski definition) is 0. The predicted octanol–water partition coefficient (Wildman–Crippen LogP) is 0.786. The summed E-state index contributed by atoms with van der Waals surface area (Å²) >= 11 is 6.42. The Morgan fingerprint density at radius 1 is 1.67 bits per heavy atom. The van der Waals surface area contributed by atoms with Gasteiger partial charge in [0.2, 0.25) is 0 Å². The molecular formula is C6H12NNaO2S2. The molecule has 0 amide bonds. The van der Waals surface area contributed by atoms with Crippen molar-refractivity contribution in [3.63, 3.8) is 0 Å². The maximum absolute atomic E-state index is 9.95. The van der Waals surface area contributed by atoms with Gasteiger partial charge in [-0.25, -0.2) is 0 Å². The molecule has 0 unspecified atom stereocenters. The van der Waals surface area contributed by atoms with E-state index in [2.05, 4.69) is 4.84 Å². The Balaban J connectivity index is 0. The zero-order valence-electron chi connectivity index (χ0n) is 6.57. The van der Waals surface area contributed by atoms with Crippen LogP contribution in [0.3, 0.4) is 0 Å². The van der Waals surface area contributed by atoms with Gasteiger partial charge in [0.05, 0.1) is 6.54 Å². The SMILES string of the molecule is CCSC(=S)N(CC)OC=O.[NaH]. The Bertz CT molecular complexity index is 146. The van der Waals surface area contributed by atoms with Gasteiger partial charge in [-0.3, -0.25) is 4.79 Å². The van der Waals surface area contributed by atoms with Crippen molar-refractivity contribution in [3.8, 4) is 0 Å². The number of rotatable bonds is 4. The van der Waals surface area contributed by atoms with E-state index in [1.165, 1.54) is 16.8 Å². The van der Waals surface area contributed by atoms with Crippen molar-refractivity contribution in [2.45, 2.75) is 13.8 Å². The van der Waals surface area contributed by atoms with Crippen LogP contribution >= 0.6 is 24.0 Å². The zero-order chi connectivity index (χ0) is 8.69. The molecule has 0 aromatic carbocycles. The average Bonchev–Trinajstić information content (AvgIpc) is 2.00. The molecule has 3 nitrogen and oxygen atoms in total. The first-order valence-electron chi connectivity index (χ1n) is 3.30. The van der Waals surface area contributed by atoms with Gasteiger partial charge >= 0.3 is 36.0 Å². The van der Waals surface area contributed by atoms with Gasteiger partial charge in [0.1, 0.15) is 0 Å².